The van der Waals surface area contributed by atoms with Crippen molar-refractivity contribution in [3.05, 3.63) is 54.9 Å². The maximum Gasteiger partial charge on any atom is 0.203 e. The van der Waals surface area contributed by atoms with Crippen LogP contribution in [0.25, 0.3) is 11.3 Å². The fraction of sp³-hybridized carbons (Fsp3) is 0. The minimum atomic E-state index is 0.778. The van der Waals surface area contributed by atoms with E-state index in [9.17, 15) is 0 Å². The summed E-state index contributed by atoms with van der Waals surface area (Å²) in [6, 6.07) is 12.1. The summed E-state index contributed by atoms with van der Waals surface area (Å²) < 4.78 is 2.15. The standard InChI is InChI=1S/C14H9Br2N3S2/c15-10-3-1-9(2-4-10)12-8-20-14(18-12)19-17-7-11-5-6-13(16)21-11/h1-8H,(H,18,19)/b17-7+. The van der Waals surface area contributed by atoms with Gasteiger partial charge in [-0.3, -0.25) is 5.43 Å². The molecule has 0 radical (unpaired) electrons. The van der Waals surface area contributed by atoms with Gasteiger partial charge in [-0.1, -0.05) is 28.1 Å². The SMILES string of the molecule is Brc1ccc(-c2csc(N/N=C/c3ccc(Br)s3)n2)cc1. The van der Waals surface area contributed by atoms with Gasteiger partial charge in [-0.25, -0.2) is 4.98 Å². The number of benzene rings is 1. The molecule has 0 fully saturated rings. The van der Waals surface area contributed by atoms with E-state index >= 15 is 0 Å². The first-order valence-electron chi connectivity index (χ1n) is 5.96. The third-order valence-electron chi connectivity index (χ3n) is 2.59. The lowest BCUT2D eigenvalue weighted by Gasteiger charge is -1.96. The van der Waals surface area contributed by atoms with Crippen molar-refractivity contribution < 1.29 is 0 Å². The topological polar surface area (TPSA) is 37.3 Å². The van der Waals surface area contributed by atoms with E-state index in [-0.39, 0.29) is 0 Å². The van der Waals surface area contributed by atoms with Crippen molar-refractivity contribution in [2.24, 2.45) is 5.10 Å². The number of hydrogen-bond acceptors (Lipinski definition) is 5. The van der Waals surface area contributed by atoms with Crippen molar-refractivity contribution in [2.75, 3.05) is 5.43 Å². The minimum Gasteiger partial charge on any atom is -0.253 e. The molecule has 0 spiro atoms. The third kappa shape index (κ3) is 4.00. The number of hydrogen-bond donors (Lipinski definition) is 1. The molecule has 3 nitrogen and oxygen atoms in total. The van der Waals surface area contributed by atoms with E-state index in [1.165, 1.54) is 11.3 Å². The Bertz CT molecular complexity index is 763. The molecule has 0 amide bonds. The summed E-state index contributed by atoms with van der Waals surface area (Å²) in [6.07, 6.45) is 1.79. The Morgan fingerprint density at radius 1 is 1.10 bits per heavy atom. The van der Waals surface area contributed by atoms with Crippen molar-refractivity contribution in [1.29, 1.82) is 0 Å². The van der Waals surface area contributed by atoms with Crippen LogP contribution >= 0.6 is 54.5 Å². The molecule has 1 N–H and O–H groups in total. The molecule has 1 aromatic carbocycles. The predicted molar refractivity (Wildman–Crippen MR) is 98.5 cm³/mol. The Balaban J connectivity index is 1.67. The van der Waals surface area contributed by atoms with Crippen molar-refractivity contribution in [2.45, 2.75) is 0 Å². The molecule has 7 heteroatoms. The van der Waals surface area contributed by atoms with E-state index < -0.39 is 0 Å². The van der Waals surface area contributed by atoms with Gasteiger partial charge in [0, 0.05) is 20.3 Å². The summed E-state index contributed by atoms with van der Waals surface area (Å²) in [4.78, 5) is 5.60. The molecular weight excluding hydrogens is 434 g/mol. The van der Waals surface area contributed by atoms with Crippen molar-refractivity contribution in [1.82, 2.24) is 4.98 Å². The van der Waals surface area contributed by atoms with Crippen molar-refractivity contribution in [3.8, 4) is 11.3 Å². The highest BCUT2D eigenvalue weighted by Crippen LogP contribution is 2.26. The Labute approximate surface area is 147 Å². The van der Waals surface area contributed by atoms with E-state index in [2.05, 4.69) is 47.4 Å². The smallest absolute Gasteiger partial charge is 0.203 e. The summed E-state index contributed by atoms with van der Waals surface area (Å²) >= 11 is 10.0. The normalized spacial score (nSPS) is 11.1. The Hall–Kier alpha value is -1.02. The lowest BCUT2D eigenvalue weighted by Crippen LogP contribution is -1.88. The van der Waals surface area contributed by atoms with Crippen LogP contribution in [0.5, 0.6) is 0 Å². The monoisotopic (exact) mass is 441 g/mol. The number of aromatic nitrogens is 1. The molecule has 0 aliphatic carbocycles. The molecule has 2 heterocycles. The Morgan fingerprint density at radius 2 is 1.90 bits per heavy atom. The second-order valence-electron chi connectivity index (χ2n) is 4.06. The average molecular weight is 443 g/mol. The van der Waals surface area contributed by atoms with Gasteiger partial charge in [0.05, 0.1) is 15.7 Å². The van der Waals surface area contributed by atoms with Crippen LogP contribution in [0.15, 0.2) is 55.1 Å². The number of rotatable bonds is 4. The fourth-order valence-electron chi connectivity index (χ4n) is 1.63. The van der Waals surface area contributed by atoms with Crippen LogP contribution in [0.1, 0.15) is 4.88 Å². The minimum absolute atomic E-state index is 0.778. The van der Waals surface area contributed by atoms with E-state index in [4.69, 9.17) is 0 Å². The van der Waals surface area contributed by atoms with Crippen LogP contribution in [0.2, 0.25) is 0 Å². The quantitative estimate of drug-likeness (QED) is 0.406. The van der Waals surface area contributed by atoms with Crippen LogP contribution in [0.4, 0.5) is 5.13 Å². The van der Waals surface area contributed by atoms with E-state index in [1.807, 2.05) is 41.8 Å². The molecule has 3 aromatic rings. The van der Waals surface area contributed by atoms with Gasteiger partial charge in [0.25, 0.3) is 0 Å². The molecule has 2 aromatic heterocycles. The molecule has 0 aliphatic heterocycles. The van der Waals surface area contributed by atoms with Gasteiger partial charge in [0.15, 0.2) is 0 Å². The maximum atomic E-state index is 4.52. The lowest BCUT2D eigenvalue weighted by molar-refractivity contribution is 1.29. The second kappa shape index (κ2) is 6.83. The first-order valence-corrected chi connectivity index (χ1v) is 9.25. The van der Waals surface area contributed by atoms with Gasteiger partial charge in [-0.2, -0.15) is 5.10 Å². The summed E-state index contributed by atoms with van der Waals surface area (Å²) in [6.45, 7) is 0. The van der Waals surface area contributed by atoms with E-state index in [0.717, 1.165) is 29.5 Å². The molecule has 0 bridgehead atoms. The van der Waals surface area contributed by atoms with Crippen LogP contribution in [-0.2, 0) is 0 Å². The summed E-state index contributed by atoms with van der Waals surface area (Å²) in [5.41, 5.74) is 5.00. The molecule has 0 unspecified atom stereocenters. The van der Waals surface area contributed by atoms with Crippen LogP contribution in [-0.4, -0.2) is 11.2 Å². The highest BCUT2D eigenvalue weighted by Gasteiger charge is 2.03. The number of anilines is 1. The number of nitrogens with zero attached hydrogens (tertiary/aromatic N) is 2. The number of hydrazone groups is 1. The summed E-state index contributed by atoms with van der Waals surface area (Å²) in [5, 5.41) is 7.00. The molecule has 3 rings (SSSR count). The first kappa shape index (κ1) is 14.9. The molecular formula is C14H9Br2N3S2. The summed E-state index contributed by atoms with van der Waals surface area (Å²) in [7, 11) is 0. The van der Waals surface area contributed by atoms with E-state index in [0.29, 0.717) is 0 Å². The highest BCUT2D eigenvalue weighted by molar-refractivity contribution is 9.11. The molecule has 0 saturated carbocycles. The predicted octanol–water partition coefficient (Wildman–Crippen LogP) is 5.84. The average Bonchev–Trinajstić information content (AvgIpc) is 3.09. The van der Waals surface area contributed by atoms with E-state index in [1.54, 1.807) is 17.6 Å². The van der Waals surface area contributed by atoms with Gasteiger partial charge in [-0.15, -0.1) is 22.7 Å². The lowest BCUT2D eigenvalue weighted by atomic mass is 10.2. The zero-order valence-corrected chi connectivity index (χ0v) is 15.4. The Kier molecular flexibility index (Phi) is 4.84. The highest BCUT2D eigenvalue weighted by atomic mass is 79.9. The molecule has 106 valence electrons. The molecule has 0 atom stereocenters. The molecule has 0 saturated heterocycles. The van der Waals surface area contributed by atoms with Crippen LogP contribution in [0.3, 0.4) is 0 Å². The van der Waals surface area contributed by atoms with Gasteiger partial charge in [0.2, 0.25) is 5.13 Å². The zero-order chi connectivity index (χ0) is 14.7. The van der Waals surface area contributed by atoms with Gasteiger partial charge < -0.3 is 0 Å². The van der Waals surface area contributed by atoms with Crippen molar-refractivity contribution >= 4 is 65.9 Å². The van der Waals surface area contributed by atoms with Crippen LogP contribution in [0, 0.1) is 0 Å². The number of thiazole rings is 1. The fourth-order valence-corrected chi connectivity index (χ4v) is 3.86. The largest absolute Gasteiger partial charge is 0.253 e. The number of thiophene rings is 1. The van der Waals surface area contributed by atoms with Crippen molar-refractivity contribution in [3.63, 3.8) is 0 Å². The zero-order valence-electron chi connectivity index (χ0n) is 10.6. The van der Waals surface area contributed by atoms with Gasteiger partial charge in [-0.05, 0) is 40.2 Å². The molecule has 0 aliphatic rings. The van der Waals surface area contributed by atoms with Crippen LogP contribution < -0.4 is 5.43 Å². The Morgan fingerprint density at radius 3 is 2.62 bits per heavy atom. The molecule has 21 heavy (non-hydrogen) atoms. The maximum absolute atomic E-state index is 4.52. The van der Waals surface area contributed by atoms with Gasteiger partial charge in [0.1, 0.15) is 0 Å². The second-order valence-corrected chi connectivity index (χ2v) is 8.33. The number of nitrogens with one attached hydrogen (secondary N) is 1. The summed E-state index contributed by atoms with van der Waals surface area (Å²) in [5.74, 6) is 0. The third-order valence-corrected chi connectivity index (χ3v) is 5.42. The van der Waals surface area contributed by atoms with Gasteiger partial charge >= 0.3 is 0 Å². The number of halogens is 2. The first-order chi connectivity index (χ1) is 10.2.